The van der Waals surface area contributed by atoms with Gasteiger partial charge in [-0.3, -0.25) is 4.79 Å². The van der Waals surface area contributed by atoms with Crippen molar-refractivity contribution < 1.29 is 5.11 Å². The quantitative estimate of drug-likeness (QED) is 0.902. The topological polar surface area (TPSA) is 67.2 Å². The predicted molar refractivity (Wildman–Crippen MR) is 83.1 cm³/mol. The molecule has 0 unspecified atom stereocenters. The van der Waals surface area contributed by atoms with Crippen LogP contribution in [0.5, 0.6) is 5.75 Å². The van der Waals surface area contributed by atoms with E-state index in [-0.39, 0.29) is 11.3 Å². The molecule has 5 nitrogen and oxygen atoms in total. The van der Waals surface area contributed by atoms with Crippen LogP contribution in [0.4, 0.5) is 0 Å². The Morgan fingerprint density at radius 3 is 2.38 bits per heavy atom. The second kappa shape index (κ2) is 6.10. The molecule has 0 spiro atoms. The third kappa shape index (κ3) is 3.13. The second-order valence-corrected chi connectivity index (χ2v) is 5.25. The van der Waals surface area contributed by atoms with Crippen LogP contribution in [0.25, 0.3) is 5.69 Å². The second-order valence-electron chi connectivity index (χ2n) is 5.25. The van der Waals surface area contributed by atoms with E-state index in [1.54, 1.807) is 0 Å². The first-order valence-corrected chi connectivity index (χ1v) is 7.05. The summed E-state index contributed by atoms with van der Waals surface area (Å²) >= 11 is 0. The lowest BCUT2D eigenvalue weighted by Crippen LogP contribution is -2.25. The number of aromatic hydroxyl groups is 1. The van der Waals surface area contributed by atoms with Gasteiger partial charge in [-0.1, -0.05) is 24.6 Å². The maximum Gasteiger partial charge on any atom is 0.275 e. The Labute approximate surface area is 124 Å². The molecule has 21 heavy (non-hydrogen) atoms. The van der Waals surface area contributed by atoms with Gasteiger partial charge in [-0.25, -0.2) is 0 Å². The van der Waals surface area contributed by atoms with E-state index in [9.17, 15) is 9.90 Å². The molecule has 0 aliphatic carbocycles. The summed E-state index contributed by atoms with van der Waals surface area (Å²) < 4.78 is 1.37. The third-order valence-electron chi connectivity index (χ3n) is 3.37. The molecule has 0 saturated carbocycles. The van der Waals surface area contributed by atoms with Gasteiger partial charge in [0.25, 0.3) is 5.56 Å². The fourth-order valence-electron chi connectivity index (χ4n) is 2.52. The molecule has 1 aromatic carbocycles. The normalized spacial score (nSPS) is 10.9. The van der Waals surface area contributed by atoms with Crippen molar-refractivity contribution in [1.29, 1.82) is 0 Å². The largest absolute Gasteiger partial charge is 0.506 e. The van der Waals surface area contributed by atoms with Crippen molar-refractivity contribution in [2.24, 2.45) is 0 Å². The predicted octanol–water partition coefficient (Wildman–Crippen LogP) is 1.97. The number of hydrogen-bond donors (Lipinski definition) is 2. The average molecular weight is 287 g/mol. The molecule has 0 amide bonds. The summed E-state index contributed by atoms with van der Waals surface area (Å²) in [5.41, 5.74) is 4.04. The number of hydrogen-bond acceptors (Lipinski definition) is 4. The first-order chi connectivity index (χ1) is 9.93. The Balaban J connectivity index is 2.61. The van der Waals surface area contributed by atoms with E-state index in [4.69, 9.17) is 0 Å². The van der Waals surface area contributed by atoms with Crippen molar-refractivity contribution in [2.45, 2.75) is 34.2 Å². The number of aryl methyl sites for hydroxylation is 3. The SMILES string of the molecule is CCNCc1nn(-c2c(C)cc(C)cc2C)c(=O)cc1O. The van der Waals surface area contributed by atoms with Gasteiger partial charge >= 0.3 is 0 Å². The molecule has 2 aromatic rings. The van der Waals surface area contributed by atoms with Crippen LogP contribution in [0, 0.1) is 20.8 Å². The Bertz CT molecular complexity index is 697. The van der Waals surface area contributed by atoms with E-state index < -0.39 is 0 Å². The minimum absolute atomic E-state index is 0.0698. The van der Waals surface area contributed by atoms with Gasteiger partial charge in [0, 0.05) is 12.6 Å². The molecule has 0 saturated heterocycles. The molecule has 0 aliphatic rings. The molecular weight excluding hydrogens is 266 g/mol. The first kappa shape index (κ1) is 15.3. The summed E-state index contributed by atoms with van der Waals surface area (Å²) in [6.07, 6.45) is 0. The van der Waals surface area contributed by atoms with Crippen LogP contribution in [0.2, 0.25) is 0 Å². The molecule has 5 heteroatoms. The molecule has 2 rings (SSSR count). The summed E-state index contributed by atoms with van der Waals surface area (Å²) in [7, 11) is 0. The number of nitrogens with one attached hydrogen (secondary N) is 1. The Hall–Kier alpha value is -2.14. The molecule has 1 aromatic heterocycles. The Kier molecular flexibility index (Phi) is 4.43. The molecule has 112 valence electrons. The van der Waals surface area contributed by atoms with Crippen molar-refractivity contribution in [2.75, 3.05) is 6.54 Å². The summed E-state index contributed by atoms with van der Waals surface area (Å²) in [6.45, 7) is 9.10. The number of benzene rings is 1. The van der Waals surface area contributed by atoms with Gasteiger partial charge in [-0.2, -0.15) is 9.78 Å². The van der Waals surface area contributed by atoms with E-state index in [0.29, 0.717) is 12.2 Å². The molecule has 2 N–H and O–H groups in total. The van der Waals surface area contributed by atoms with Crippen LogP contribution in [0.3, 0.4) is 0 Å². The molecule has 0 atom stereocenters. The zero-order valence-electron chi connectivity index (χ0n) is 12.9. The van der Waals surface area contributed by atoms with E-state index in [0.717, 1.165) is 28.9 Å². The monoisotopic (exact) mass is 287 g/mol. The van der Waals surface area contributed by atoms with Gasteiger partial charge in [0.15, 0.2) is 0 Å². The molecule has 0 bridgehead atoms. The summed E-state index contributed by atoms with van der Waals surface area (Å²) in [5.74, 6) is -0.0698. The van der Waals surface area contributed by atoms with Crippen molar-refractivity contribution >= 4 is 0 Å². The highest BCUT2D eigenvalue weighted by Crippen LogP contribution is 2.20. The lowest BCUT2D eigenvalue weighted by atomic mass is 10.1. The summed E-state index contributed by atoms with van der Waals surface area (Å²) in [4.78, 5) is 12.2. The molecule has 1 heterocycles. The number of rotatable bonds is 4. The summed E-state index contributed by atoms with van der Waals surface area (Å²) in [6, 6.07) is 5.26. The highest BCUT2D eigenvalue weighted by atomic mass is 16.3. The van der Waals surface area contributed by atoms with E-state index in [2.05, 4.69) is 10.4 Å². The smallest absolute Gasteiger partial charge is 0.275 e. The van der Waals surface area contributed by atoms with Gasteiger partial charge in [0.2, 0.25) is 0 Å². The number of aromatic nitrogens is 2. The van der Waals surface area contributed by atoms with Gasteiger partial charge in [-0.15, -0.1) is 0 Å². The lowest BCUT2D eigenvalue weighted by molar-refractivity contribution is 0.452. The van der Waals surface area contributed by atoms with Crippen LogP contribution in [-0.2, 0) is 6.54 Å². The van der Waals surface area contributed by atoms with E-state index >= 15 is 0 Å². The molecule has 0 aliphatic heterocycles. The first-order valence-electron chi connectivity index (χ1n) is 7.05. The average Bonchev–Trinajstić information content (AvgIpc) is 2.38. The maximum atomic E-state index is 12.2. The summed E-state index contributed by atoms with van der Waals surface area (Å²) in [5, 5.41) is 17.3. The van der Waals surface area contributed by atoms with E-state index in [1.165, 1.54) is 10.7 Å². The van der Waals surface area contributed by atoms with Gasteiger partial charge in [0.05, 0.1) is 5.69 Å². The minimum Gasteiger partial charge on any atom is -0.506 e. The lowest BCUT2D eigenvalue weighted by Gasteiger charge is -2.14. The van der Waals surface area contributed by atoms with Gasteiger partial charge in [-0.05, 0) is 38.4 Å². The minimum atomic E-state index is -0.331. The van der Waals surface area contributed by atoms with Crippen LogP contribution in [0.1, 0.15) is 29.3 Å². The van der Waals surface area contributed by atoms with Crippen molar-refractivity contribution in [3.8, 4) is 11.4 Å². The molecule has 0 fully saturated rings. The van der Waals surface area contributed by atoms with Crippen LogP contribution < -0.4 is 10.9 Å². The van der Waals surface area contributed by atoms with Crippen LogP contribution in [0.15, 0.2) is 23.0 Å². The fraction of sp³-hybridized carbons (Fsp3) is 0.375. The molecule has 0 radical (unpaired) electrons. The standard InChI is InChI=1S/C16H21N3O2/c1-5-17-9-13-14(20)8-15(21)19(18-13)16-11(3)6-10(2)7-12(16)4/h6-8,17,20H,5,9H2,1-4H3. The Morgan fingerprint density at radius 2 is 1.81 bits per heavy atom. The zero-order chi connectivity index (χ0) is 15.6. The highest BCUT2D eigenvalue weighted by Gasteiger charge is 2.13. The van der Waals surface area contributed by atoms with Gasteiger partial charge < -0.3 is 10.4 Å². The van der Waals surface area contributed by atoms with Crippen LogP contribution in [-0.4, -0.2) is 21.4 Å². The maximum absolute atomic E-state index is 12.2. The third-order valence-corrected chi connectivity index (χ3v) is 3.37. The van der Waals surface area contributed by atoms with Gasteiger partial charge in [0.1, 0.15) is 11.4 Å². The number of nitrogens with zero attached hydrogens (tertiary/aromatic N) is 2. The van der Waals surface area contributed by atoms with Crippen molar-refractivity contribution in [3.63, 3.8) is 0 Å². The highest BCUT2D eigenvalue weighted by molar-refractivity contribution is 5.49. The van der Waals surface area contributed by atoms with Crippen molar-refractivity contribution in [1.82, 2.24) is 15.1 Å². The van der Waals surface area contributed by atoms with E-state index in [1.807, 2.05) is 39.8 Å². The fourth-order valence-corrected chi connectivity index (χ4v) is 2.52. The zero-order valence-corrected chi connectivity index (χ0v) is 12.9. The van der Waals surface area contributed by atoms with Crippen LogP contribution >= 0.6 is 0 Å². The molecular formula is C16H21N3O2. The Morgan fingerprint density at radius 1 is 1.19 bits per heavy atom. The van der Waals surface area contributed by atoms with Crippen molar-refractivity contribution in [3.05, 3.63) is 50.9 Å².